The topological polar surface area (TPSA) is 55.1 Å². The van der Waals surface area contributed by atoms with E-state index in [4.69, 9.17) is 0 Å². The minimum atomic E-state index is 0.783. The smallest absolute Gasteiger partial charge is 0.180 e. The maximum absolute atomic E-state index is 4.44. The molecule has 16 heavy (non-hydrogen) atoms. The Labute approximate surface area is 97.6 Å². The van der Waals surface area contributed by atoms with E-state index in [1.807, 2.05) is 36.6 Å². The zero-order valence-corrected chi connectivity index (χ0v) is 9.56. The van der Waals surface area contributed by atoms with Crippen LogP contribution in [0.5, 0.6) is 0 Å². The summed E-state index contributed by atoms with van der Waals surface area (Å²) in [7, 11) is 0. The highest BCUT2D eigenvalue weighted by Gasteiger charge is 1.97. The molecule has 0 amide bonds. The minimum Gasteiger partial charge on any atom is -0.270 e. The van der Waals surface area contributed by atoms with Crippen molar-refractivity contribution in [3.05, 3.63) is 43.0 Å². The summed E-state index contributed by atoms with van der Waals surface area (Å²) < 4.78 is 1.65. The third kappa shape index (κ3) is 2.83. The standard InChI is InChI=1S/C10H11N5S/c1-16-10(14-15-7-11-12-8-15)13-9-5-3-2-4-6-9/h2-8H,1H3,(H,13,14). The Hall–Kier alpha value is -1.82. The van der Waals surface area contributed by atoms with Crippen molar-refractivity contribution in [3.8, 4) is 0 Å². The fourth-order valence-corrected chi connectivity index (χ4v) is 1.50. The van der Waals surface area contributed by atoms with Gasteiger partial charge in [-0.05, 0) is 18.4 Å². The first-order chi connectivity index (χ1) is 7.88. The van der Waals surface area contributed by atoms with Gasteiger partial charge in [-0.25, -0.2) is 9.67 Å². The molecule has 0 fully saturated rings. The number of aromatic nitrogens is 3. The van der Waals surface area contributed by atoms with Crippen molar-refractivity contribution < 1.29 is 0 Å². The van der Waals surface area contributed by atoms with Crippen molar-refractivity contribution in [2.45, 2.75) is 0 Å². The van der Waals surface area contributed by atoms with Gasteiger partial charge in [0.25, 0.3) is 0 Å². The van der Waals surface area contributed by atoms with Crippen LogP contribution in [0.1, 0.15) is 0 Å². The van der Waals surface area contributed by atoms with E-state index in [0.29, 0.717) is 0 Å². The van der Waals surface area contributed by atoms with Crippen LogP contribution in [0.25, 0.3) is 0 Å². The van der Waals surface area contributed by atoms with Gasteiger partial charge in [0.05, 0.1) is 5.69 Å². The fourth-order valence-electron chi connectivity index (χ4n) is 1.10. The number of para-hydroxylation sites is 1. The summed E-state index contributed by atoms with van der Waals surface area (Å²) in [5.41, 5.74) is 3.97. The number of amidine groups is 1. The summed E-state index contributed by atoms with van der Waals surface area (Å²) in [6, 6.07) is 9.77. The van der Waals surface area contributed by atoms with Crippen LogP contribution in [0.2, 0.25) is 0 Å². The maximum Gasteiger partial charge on any atom is 0.180 e. The molecule has 1 aromatic heterocycles. The van der Waals surface area contributed by atoms with Crippen molar-refractivity contribution in [3.63, 3.8) is 0 Å². The second-order valence-corrected chi connectivity index (χ2v) is 3.73. The van der Waals surface area contributed by atoms with E-state index in [9.17, 15) is 0 Å². The Morgan fingerprint density at radius 1 is 1.25 bits per heavy atom. The molecule has 0 unspecified atom stereocenters. The van der Waals surface area contributed by atoms with Crippen LogP contribution in [-0.4, -0.2) is 26.3 Å². The zero-order chi connectivity index (χ0) is 11.2. The lowest BCUT2D eigenvalue weighted by atomic mass is 10.3. The molecule has 2 aromatic rings. The van der Waals surface area contributed by atoms with Crippen LogP contribution in [0.4, 0.5) is 5.69 Å². The quantitative estimate of drug-likeness (QED) is 0.635. The first-order valence-electron chi connectivity index (χ1n) is 4.68. The van der Waals surface area contributed by atoms with Crippen molar-refractivity contribution in [2.24, 2.45) is 4.99 Å². The van der Waals surface area contributed by atoms with Crippen LogP contribution < -0.4 is 5.43 Å². The highest BCUT2D eigenvalue weighted by atomic mass is 32.2. The number of hydrogen-bond acceptors (Lipinski definition) is 4. The third-order valence-electron chi connectivity index (χ3n) is 1.82. The number of aliphatic imine (C=N–C) groups is 1. The number of hydrogen-bond donors (Lipinski definition) is 1. The number of benzene rings is 1. The van der Waals surface area contributed by atoms with Crippen LogP contribution in [0.3, 0.4) is 0 Å². The Balaban J connectivity index is 2.14. The average molecular weight is 233 g/mol. The van der Waals surface area contributed by atoms with Gasteiger partial charge in [0.2, 0.25) is 0 Å². The molecule has 6 heteroatoms. The molecule has 0 aliphatic rings. The van der Waals surface area contributed by atoms with Crippen LogP contribution in [0, 0.1) is 0 Å². The number of rotatable bonds is 2. The Morgan fingerprint density at radius 3 is 2.56 bits per heavy atom. The third-order valence-corrected chi connectivity index (χ3v) is 2.39. The van der Waals surface area contributed by atoms with Gasteiger partial charge < -0.3 is 0 Å². The van der Waals surface area contributed by atoms with Gasteiger partial charge in [-0.3, -0.25) is 5.43 Å². The van der Waals surface area contributed by atoms with E-state index in [-0.39, 0.29) is 0 Å². The molecule has 82 valence electrons. The SMILES string of the molecule is CSC(=Nc1ccccc1)Nn1cnnc1. The summed E-state index contributed by atoms with van der Waals surface area (Å²) in [5, 5.41) is 8.19. The van der Waals surface area contributed by atoms with E-state index >= 15 is 0 Å². The average Bonchev–Trinajstić information content (AvgIpc) is 2.82. The Kier molecular flexibility index (Phi) is 3.55. The van der Waals surface area contributed by atoms with Crippen molar-refractivity contribution in [1.29, 1.82) is 0 Å². The molecule has 1 N–H and O–H groups in total. The zero-order valence-electron chi connectivity index (χ0n) is 8.74. The summed E-state index contributed by atoms with van der Waals surface area (Å²) in [6.07, 6.45) is 5.12. The molecule has 0 aliphatic carbocycles. The molecule has 0 saturated heterocycles. The highest BCUT2D eigenvalue weighted by molar-refractivity contribution is 8.13. The predicted octanol–water partition coefficient (Wildman–Crippen LogP) is 1.87. The molecular formula is C10H11N5S. The lowest BCUT2D eigenvalue weighted by Crippen LogP contribution is -2.18. The van der Waals surface area contributed by atoms with Crippen LogP contribution in [-0.2, 0) is 0 Å². The summed E-state index contributed by atoms with van der Waals surface area (Å²) in [4.78, 5) is 4.44. The molecular weight excluding hydrogens is 222 g/mol. The van der Waals surface area contributed by atoms with Crippen molar-refractivity contribution in [2.75, 3.05) is 11.7 Å². The lowest BCUT2D eigenvalue weighted by molar-refractivity contribution is 0.975. The van der Waals surface area contributed by atoms with E-state index in [1.54, 1.807) is 17.3 Å². The Bertz CT molecular complexity index is 451. The monoisotopic (exact) mass is 233 g/mol. The van der Waals surface area contributed by atoms with E-state index in [2.05, 4.69) is 20.6 Å². The molecule has 1 heterocycles. The second kappa shape index (κ2) is 5.32. The van der Waals surface area contributed by atoms with Gasteiger partial charge in [-0.2, -0.15) is 0 Å². The van der Waals surface area contributed by atoms with Crippen molar-refractivity contribution in [1.82, 2.24) is 14.9 Å². The Morgan fingerprint density at radius 2 is 1.94 bits per heavy atom. The molecule has 0 radical (unpaired) electrons. The molecule has 0 saturated carbocycles. The van der Waals surface area contributed by atoms with Gasteiger partial charge in [-0.15, -0.1) is 10.2 Å². The fraction of sp³-hybridized carbons (Fsp3) is 0.100. The van der Waals surface area contributed by atoms with E-state index in [1.165, 1.54) is 11.8 Å². The normalized spacial score (nSPS) is 11.4. The molecule has 5 nitrogen and oxygen atoms in total. The summed E-state index contributed by atoms with van der Waals surface area (Å²) in [5.74, 6) is 0. The minimum absolute atomic E-state index is 0.783. The maximum atomic E-state index is 4.44. The summed E-state index contributed by atoms with van der Waals surface area (Å²) >= 11 is 1.53. The molecule has 0 spiro atoms. The lowest BCUT2D eigenvalue weighted by Gasteiger charge is -2.06. The van der Waals surface area contributed by atoms with Crippen LogP contribution in [0.15, 0.2) is 48.0 Å². The first-order valence-corrected chi connectivity index (χ1v) is 5.90. The largest absolute Gasteiger partial charge is 0.270 e. The molecule has 1 aromatic carbocycles. The van der Waals surface area contributed by atoms with Gasteiger partial charge in [-0.1, -0.05) is 30.0 Å². The number of thioether (sulfide) groups is 1. The van der Waals surface area contributed by atoms with Gasteiger partial charge in [0.1, 0.15) is 12.7 Å². The number of nitrogens with zero attached hydrogens (tertiary/aromatic N) is 4. The second-order valence-electron chi connectivity index (χ2n) is 2.94. The predicted molar refractivity (Wildman–Crippen MR) is 66.4 cm³/mol. The van der Waals surface area contributed by atoms with E-state index < -0.39 is 0 Å². The van der Waals surface area contributed by atoms with E-state index in [0.717, 1.165) is 10.9 Å². The van der Waals surface area contributed by atoms with Gasteiger partial charge in [0, 0.05) is 0 Å². The molecule has 0 aliphatic heterocycles. The first kappa shape index (κ1) is 10.7. The summed E-state index contributed by atoms with van der Waals surface area (Å²) in [6.45, 7) is 0. The molecule has 0 atom stereocenters. The highest BCUT2D eigenvalue weighted by Crippen LogP contribution is 2.12. The van der Waals surface area contributed by atoms with Gasteiger partial charge >= 0.3 is 0 Å². The molecule has 0 bridgehead atoms. The van der Waals surface area contributed by atoms with Gasteiger partial charge in [0.15, 0.2) is 5.17 Å². The number of nitrogens with one attached hydrogen (secondary N) is 1. The van der Waals surface area contributed by atoms with Crippen molar-refractivity contribution >= 4 is 22.6 Å². The molecule has 2 rings (SSSR count). The van der Waals surface area contributed by atoms with Crippen LogP contribution >= 0.6 is 11.8 Å².